The lowest BCUT2D eigenvalue weighted by Gasteiger charge is -2.34. The molecule has 0 fully saturated rings. The van der Waals surface area contributed by atoms with Crippen molar-refractivity contribution in [3.8, 4) is 0 Å². The fraction of sp³-hybridized carbons (Fsp3) is 1.00. The standard InChI is InChI=1S/C7H8F9NO2S/c1-17(20(18)19)3-2-4(8,9)5(10,11)6(12,13)7(14,15)16/h2-3H2,1H3,(H,18,19)/p-1. The molecule has 0 spiro atoms. The van der Waals surface area contributed by atoms with Gasteiger partial charge in [0.1, 0.15) is 0 Å². The van der Waals surface area contributed by atoms with Crippen LogP contribution in [0.15, 0.2) is 0 Å². The summed E-state index contributed by atoms with van der Waals surface area (Å²) in [5.41, 5.74) is 0. The Bertz CT molecular complexity index is 370. The SMILES string of the molecule is CN(CCC(F)(F)C(F)(F)C(F)(F)C(F)(F)F)S(=O)[O-]. The first-order valence-corrected chi connectivity index (χ1v) is 5.62. The minimum absolute atomic E-state index is 0.0374. The topological polar surface area (TPSA) is 43.4 Å². The van der Waals surface area contributed by atoms with Crippen LogP contribution >= 0.6 is 0 Å². The van der Waals surface area contributed by atoms with E-state index < -0.39 is 48.2 Å². The van der Waals surface area contributed by atoms with Crippen molar-refractivity contribution in [2.24, 2.45) is 0 Å². The number of alkyl halides is 9. The number of halogens is 9. The summed E-state index contributed by atoms with van der Waals surface area (Å²) in [6.07, 6.45) is -9.09. The highest BCUT2D eigenvalue weighted by Crippen LogP contribution is 2.53. The van der Waals surface area contributed by atoms with Crippen LogP contribution in [0, 0.1) is 0 Å². The van der Waals surface area contributed by atoms with E-state index in [9.17, 15) is 48.3 Å². The predicted molar refractivity (Wildman–Crippen MR) is 47.1 cm³/mol. The molecule has 1 unspecified atom stereocenters. The summed E-state index contributed by atoms with van der Waals surface area (Å²) in [4.78, 5) is 0. The molecule has 0 aromatic heterocycles. The fourth-order valence-corrected chi connectivity index (χ4v) is 1.18. The second-order valence-electron chi connectivity index (χ2n) is 3.67. The summed E-state index contributed by atoms with van der Waals surface area (Å²) in [5, 5.41) is 0. The second-order valence-corrected chi connectivity index (χ2v) is 4.73. The van der Waals surface area contributed by atoms with Crippen molar-refractivity contribution in [3.63, 3.8) is 0 Å². The maximum atomic E-state index is 12.9. The van der Waals surface area contributed by atoms with Crippen LogP contribution in [0.3, 0.4) is 0 Å². The molecule has 0 radical (unpaired) electrons. The molecule has 0 aliphatic rings. The highest BCUT2D eigenvalue weighted by Gasteiger charge is 2.81. The van der Waals surface area contributed by atoms with E-state index in [0.717, 1.165) is 0 Å². The first kappa shape index (κ1) is 19.4. The summed E-state index contributed by atoms with van der Waals surface area (Å²) in [7, 11) is 0.638. The van der Waals surface area contributed by atoms with Crippen molar-refractivity contribution in [2.45, 2.75) is 30.4 Å². The Hall–Kier alpha value is -0.560. The van der Waals surface area contributed by atoms with Gasteiger partial charge >= 0.3 is 23.9 Å². The van der Waals surface area contributed by atoms with Crippen molar-refractivity contribution < 1.29 is 48.3 Å². The molecule has 0 rings (SSSR count). The largest absolute Gasteiger partial charge is 0.760 e. The number of hydrogen-bond acceptors (Lipinski definition) is 2. The molecular formula is C7H7F9NO2S-. The highest BCUT2D eigenvalue weighted by molar-refractivity contribution is 7.76. The van der Waals surface area contributed by atoms with Crippen LogP contribution in [-0.2, 0) is 11.3 Å². The van der Waals surface area contributed by atoms with E-state index in [2.05, 4.69) is 0 Å². The highest BCUT2D eigenvalue weighted by atomic mass is 32.2. The second kappa shape index (κ2) is 5.67. The van der Waals surface area contributed by atoms with Gasteiger partial charge in [-0.05, 0) is 7.05 Å². The van der Waals surface area contributed by atoms with Crippen LogP contribution in [0.25, 0.3) is 0 Å². The summed E-state index contributed by atoms with van der Waals surface area (Å²) >= 11 is -3.11. The molecule has 0 bridgehead atoms. The van der Waals surface area contributed by atoms with Crippen molar-refractivity contribution in [2.75, 3.05) is 13.6 Å². The molecule has 0 heterocycles. The van der Waals surface area contributed by atoms with Gasteiger partial charge in [0.15, 0.2) is 0 Å². The average molecular weight is 340 g/mol. The maximum absolute atomic E-state index is 12.9. The van der Waals surface area contributed by atoms with E-state index >= 15 is 0 Å². The number of hydrogen-bond donors (Lipinski definition) is 0. The summed E-state index contributed by atoms with van der Waals surface area (Å²) in [5.74, 6) is -19.4. The molecule has 0 saturated heterocycles. The average Bonchev–Trinajstić information content (AvgIpc) is 2.23. The van der Waals surface area contributed by atoms with Crippen LogP contribution < -0.4 is 0 Å². The van der Waals surface area contributed by atoms with E-state index in [1.165, 1.54) is 0 Å². The predicted octanol–water partition coefficient (Wildman–Crippen LogP) is 2.57. The fourth-order valence-electron chi connectivity index (χ4n) is 0.937. The third-order valence-corrected chi connectivity index (χ3v) is 2.90. The van der Waals surface area contributed by atoms with Crippen LogP contribution in [0.5, 0.6) is 0 Å². The van der Waals surface area contributed by atoms with E-state index in [-0.39, 0.29) is 4.31 Å². The van der Waals surface area contributed by atoms with Gasteiger partial charge < -0.3 is 4.55 Å². The molecule has 0 aromatic rings. The first-order chi connectivity index (χ1) is 8.58. The van der Waals surface area contributed by atoms with E-state index in [1.807, 2.05) is 0 Å². The van der Waals surface area contributed by atoms with Crippen molar-refractivity contribution in [1.82, 2.24) is 4.31 Å². The molecule has 0 aliphatic heterocycles. The van der Waals surface area contributed by atoms with E-state index in [0.29, 0.717) is 7.05 Å². The van der Waals surface area contributed by atoms with Gasteiger partial charge in [0, 0.05) is 24.2 Å². The molecule has 20 heavy (non-hydrogen) atoms. The monoisotopic (exact) mass is 340 g/mol. The summed E-state index contributed by atoms with van der Waals surface area (Å²) in [6, 6.07) is 0. The van der Waals surface area contributed by atoms with Gasteiger partial charge in [0.05, 0.1) is 0 Å². The van der Waals surface area contributed by atoms with Crippen molar-refractivity contribution in [3.05, 3.63) is 0 Å². The van der Waals surface area contributed by atoms with Crippen molar-refractivity contribution >= 4 is 11.3 Å². The van der Waals surface area contributed by atoms with Crippen molar-refractivity contribution in [1.29, 1.82) is 0 Å². The summed E-state index contributed by atoms with van der Waals surface area (Å²) < 4.78 is 132. The molecule has 13 heteroatoms. The molecular weight excluding hydrogens is 333 g/mol. The quantitative estimate of drug-likeness (QED) is 0.551. The molecule has 0 aliphatic carbocycles. The van der Waals surface area contributed by atoms with E-state index in [1.54, 1.807) is 0 Å². The Labute approximate surface area is 109 Å². The van der Waals surface area contributed by atoms with Crippen LogP contribution in [0.4, 0.5) is 39.5 Å². The lowest BCUT2D eigenvalue weighted by molar-refractivity contribution is -0.396. The van der Waals surface area contributed by atoms with E-state index in [4.69, 9.17) is 0 Å². The zero-order valence-electron chi connectivity index (χ0n) is 9.49. The van der Waals surface area contributed by atoms with Gasteiger partial charge in [0.2, 0.25) is 0 Å². The Morgan fingerprint density at radius 2 is 1.35 bits per heavy atom. The molecule has 0 amide bonds. The number of nitrogens with zero attached hydrogens (tertiary/aromatic N) is 1. The Balaban J connectivity index is 5.22. The Morgan fingerprint density at radius 3 is 1.65 bits per heavy atom. The van der Waals surface area contributed by atoms with Gasteiger partial charge in [0.25, 0.3) is 0 Å². The lowest BCUT2D eigenvalue weighted by atomic mass is 10.0. The maximum Gasteiger partial charge on any atom is 0.460 e. The van der Waals surface area contributed by atoms with Gasteiger partial charge in [-0.15, -0.1) is 0 Å². The van der Waals surface area contributed by atoms with Crippen LogP contribution in [-0.4, -0.2) is 50.6 Å². The van der Waals surface area contributed by atoms with Crippen LogP contribution in [0.2, 0.25) is 0 Å². The molecule has 1 atom stereocenters. The van der Waals surface area contributed by atoms with Gasteiger partial charge in [-0.1, -0.05) is 0 Å². The Morgan fingerprint density at radius 1 is 0.950 bits per heavy atom. The molecule has 3 nitrogen and oxygen atoms in total. The number of rotatable bonds is 6. The smallest absolute Gasteiger partial charge is 0.460 e. The molecule has 122 valence electrons. The molecule has 0 saturated carbocycles. The van der Waals surface area contributed by atoms with Gasteiger partial charge in [-0.2, -0.15) is 39.5 Å². The minimum atomic E-state index is -6.96. The normalized spacial score (nSPS) is 16.6. The van der Waals surface area contributed by atoms with Gasteiger partial charge in [-0.25, -0.2) is 4.31 Å². The lowest BCUT2D eigenvalue weighted by Crippen LogP contribution is -2.61. The third-order valence-electron chi connectivity index (χ3n) is 2.20. The first-order valence-electron chi connectivity index (χ1n) is 4.58. The van der Waals surface area contributed by atoms with Gasteiger partial charge in [-0.3, -0.25) is 4.21 Å². The Kier molecular flexibility index (Phi) is 5.52. The van der Waals surface area contributed by atoms with Crippen LogP contribution in [0.1, 0.15) is 6.42 Å². The molecule has 0 N–H and O–H groups in total. The minimum Gasteiger partial charge on any atom is -0.760 e. The zero-order valence-corrected chi connectivity index (χ0v) is 10.3. The summed E-state index contributed by atoms with van der Waals surface area (Å²) in [6.45, 7) is -1.37. The zero-order chi connectivity index (χ0) is 16.6. The third kappa shape index (κ3) is 3.55. The molecule has 0 aromatic carbocycles.